The second kappa shape index (κ2) is 6.67. The number of nitrogens with zero attached hydrogens (tertiary/aromatic N) is 1. The highest BCUT2D eigenvalue weighted by Gasteiger charge is 2.48. The third kappa shape index (κ3) is 2.75. The van der Waals surface area contributed by atoms with E-state index in [0.717, 1.165) is 11.1 Å². The van der Waals surface area contributed by atoms with Crippen LogP contribution in [-0.4, -0.2) is 23.2 Å². The summed E-state index contributed by atoms with van der Waals surface area (Å²) in [6, 6.07) is 15.9. The van der Waals surface area contributed by atoms with Gasteiger partial charge >= 0.3 is 12.1 Å². The molecule has 5 heteroatoms. The lowest BCUT2D eigenvalue weighted by molar-refractivity contribution is -0.140. The van der Waals surface area contributed by atoms with Crippen LogP contribution >= 0.6 is 0 Å². The molecular formula is C21H19NO4. The van der Waals surface area contributed by atoms with E-state index in [1.807, 2.05) is 60.7 Å². The normalized spacial score (nSPS) is 23.2. The summed E-state index contributed by atoms with van der Waals surface area (Å²) in [4.78, 5) is 26.2. The number of amides is 1. The van der Waals surface area contributed by atoms with Gasteiger partial charge in [-0.05, 0) is 23.6 Å². The fourth-order valence-corrected chi connectivity index (χ4v) is 3.96. The number of anilines is 1. The molecule has 1 N–H and O–H groups in total. The maximum Gasteiger partial charge on any atom is 0.415 e. The molecule has 1 heterocycles. The number of carbonyl (C=O) groups is 2. The van der Waals surface area contributed by atoms with Crippen molar-refractivity contribution in [1.82, 2.24) is 0 Å². The van der Waals surface area contributed by atoms with Crippen molar-refractivity contribution in [3.8, 4) is 0 Å². The van der Waals surface area contributed by atoms with Gasteiger partial charge < -0.3 is 9.84 Å². The molecule has 1 aliphatic heterocycles. The molecule has 132 valence electrons. The molecule has 1 amide bonds. The Morgan fingerprint density at radius 2 is 1.81 bits per heavy atom. The summed E-state index contributed by atoms with van der Waals surface area (Å²) in [5, 5.41) is 9.84. The second-order valence-electron chi connectivity index (χ2n) is 6.61. The van der Waals surface area contributed by atoms with Crippen molar-refractivity contribution >= 4 is 17.7 Å². The average Bonchev–Trinajstić information content (AvgIpc) is 3.15. The van der Waals surface area contributed by atoms with Gasteiger partial charge in [0.25, 0.3) is 0 Å². The Bertz CT molecular complexity index is 861. The van der Waals surface area contributed by atoms with Crippen molar-refractivity contribution in [2.45, 2.75) is 25.0 Å². The minimum absolute atomic E-state index is 0.0190. The van der Waals surface area contributed by atoms with Crippen LogP contribution in [0.25, 0.3) is 0 Å². The van der Waals surface area contributed by atoms with Crippen LogP contribution in [0.2, 0.25) is 0 Å². The third-order valence-corrected chi connectivity index (χ3v) is 5.11. The number of hydrogen-bond donors (Lipinski definition) is 1. The van der Waals surface area contributed by atoms with Gasteiger partial charge in [0.05, 0.1) is 5.69 Å². The molecule has 1 aliphatic carbocycles. The minimum atomic E-state index is -1.00. The molecule has 2 aromatic carbocycles. The summed E-state index contributed by atoms with van der Waals surface area (Å²) < 4.78 is 5.46. The lowest BCUT2D eigenvalue weighted by Gasteiger charge is -2.41. The Morgan fingerprint density at radius 1 is 1.08 bits per heavy atom. The van der Waals surface area contributed by atoms with Crippen LogP contribution in [0.3, 0.4) is 0 Å². The molecule has 3 atom stereocenters. The first-order chi connectivity index (χ1) is 12.7. The average molecular weight is 349 g/mol. The predicted octanol–water partition coefficient (Wildman–Crippen LogP) is 3.96. The second-order valence-corrected chi connectivity index (χ2v) is 6.61. The number of para-hydroxylation sites is 1. The van der Waals surface area contributed by atoms with Gasteiger partial charge in [-0.25, -0.2) is 9.59 Å². The summed E-state index contributed by atoms with van der Waals surface area (Å²) in [7, 11) is 0. The number of fused-ring (bicyclic) bond motifs is 3. The van der Waals surface area contributed by atoms with Gasteiger partial charge in [-0.2, -0.15) is 0 Å². The highest BCUT2D eigenvalue weighted by molar-refractivity contribution is 5.97. The van der Waals surface area contributed by atoms with Crippen LogP contribution in [0.1, 0.15) is 23.5 Å². The van der Waals surface area contributed by atoms with Crippen molar-refractivity contribution in [3.05, 3.63) is 77.9 Å². The zero-order valence-corrected chi connectivity index (χ0v) is 14.1. The van der Waals surface area contributed by atoms with Gasteiger partial charge in [0.15, 0.2) is 0 Å². The maximum absolute atomic E-state index is 12.9. The fourth-order valence-electron chi connectivity index (χ4n) is 3.96. The van der Waals surface area contributed by atoms with E-state index in [1.54, 1.807) is 6.07 Å². The summed E-state index contributed by atoms with van der Waals surface area (Å²) >= 11 is 0. The molecular weight excluding hydrogens is 330 g/mol. The summed E-state index contributed by atoms with van der Waals surface area (Å²) in [5.41, 5.74) is 2.45. The van der Waals surface area contributed by atoms with Crippen molar-refractivity contribution < 1.29 is 19.4 Å². The van der Waals surface area contributed by atoms with Gasteiger partial charge in [0, 0.05) is 11.8 Å². The van der Waals surface area contributed by atoms with Crippen LogP contribution in [0, 0.1) is 5.92 Å². The number of aliphatic carboxylic acids is 1. The van der Waals surface area contributed by atoms with E-state index < -0.39 is 18.1 Å². The monoisotopic (exact) mass is 349 g/mol. The van der Waals surface area contributed by atoms with Gasteiger partial charge in [0.1, 0.15) is 12.6 Å². The number of hydrogen-bond acceptors (Lipinski definition) is 3. The quantitative estimate of drug-likeness (QED) is 0.852. The Balaban J connectivity index is 1.67. The number of carboxylic acids is 1. The number of benzene rings is 2. The topological polar surface area (TPSA) is 66.8 Å². The molecule has 0 aromatic heterocycles. The number of carboxylic acid groups (broad SMARTS) is 1. The maximum atomic E-state index is 12.9. The molecule has 0 unspecified atom stereocenters. The Hall–Kier alpha value is -3.08. The van der Waals surface area contributed by atoms with E-state index in [0.29, 0.717) is 12.1 Å². The lowest BCUT2D eigenvalue weighted by atomic mass is 9.78. The predicted molar refractivity (Wildman–Crippen MR) is 97.0 cm³/mol. The third-order valence-electron chi connectivity index (χ3n) is 5.11. The van der Waals surface area contributed by atoms with Gasteiger partial charge in [-0.1, -0.05) is 60.7 Å². The van der Waals surface area contributed by atoms with E-state index in [-0.39, 0.29) is 18.4 Å². The number of allylic oxidation sites excluding steroid dienone is 2. The molecule has 0 bridgehead atoms. The van der Waals surface area contributed by atoms with Crippen molar-refractivity contribution in [2.24, 2.45) is 5.92 Å². The molecule has 0 spiro atoms. The van der Waals surface area contributed by atoms with E-state index >= 15 is 0 Å². The van der Waals surface area contributed by atoms with Crippen LogP contribution in [0.5, 0.6) is 0 Å². The van der Waals surface area contributed by atoms with E-state index in [4.69, 9.17) is 4.74 Å². The Labute approximate surface area is 151 Å². The van der Waals surface area contributed by atoms with E-state index in [9.17, 15) is 14.7 Å². The number of ether oxygens (including phenoxy) is 1. The number of rotatable bonds is 3. The first-order valence-electron chi connectivity index (χ1n) is 8.65. The zero-order chi connectivity index (χ0) is 18.1. The van der Waals surface area contributed by atoms with Gasteiger partial charge in [0.2, 0.25) is 0 Å². The molecule has 5 nitrogen and oxygen atoms in total. The minimum Gasteiger partial charge on any atom is -0.480 e. The van der Waals surface area contributed by atoms with Crippen molar-refractivity contribution in [1.29, 1.82) is 0 Å². The SMILES string of the molecule is O=C(O)[C@@H]1[C@@H]2CC=C[C@@H]2c2ccccc2N1C(=O)OCc1ccccc1. The van der Waals surface area contributed by atoms with E-state index in [1.165, 1.54) is 4.90 Å². The fraction of sp³-hybridized carbons (Fsp3) is 0.238. The van der Waals surface area contributed by atoms with Crippen LogP contribution < -0.4 is 4.90 Å². The van der Waals surface area contributed by atoms with Crippen molar-refractivity contribution in [2.75, 3.05) is 4.90 Å². The smallest absolute Gasteiger partial charge is 0.415 e. The summed E-state index contributed by atoms with van der Waals surface area (Å²) in [5.74, 6) is -1.16. The highest BCUT2D eigenvalue weighted by atomic mass is 16.6. The van der Waals surface area contributed by atoms with Crippen LogP contribution in [0.4, 0.5) is 10.5 Å². The standard InChI is InChI=1S/C21H19NO4/c23-20(24)19-17-11-6-10-15(17)16-9-4-5-12-18(16)22(19)21(25)26-13-14-7-2-1-3-8-14/h1-10,12,15,17,19H,11,13H2,(H,23,24)/t15-,17-,19+/m1/s1. The van der Waals surface area contributed by atoms with Crippen LogP contribution in [0.15, 0.2) is 66.7 Å². The van der Waals surface area contributed by atoms with Gasteiger partial charge in [-0.3, -0.25) is 4.90 Å². The largest absolute Gasteiger partial charge is 0.480 e. The highest BCUT2D eigenvalue weighted by Crippen LogP contribution is 2.47. The molecule has 0 radical (unpaired) electrons. The molecule has 26 heavy (non-hydrogen) atoms. The Kier molecular flexibility index (Phi) is 4.21. The number of carbonyl (C=O) groups excluding carboxylic acids is 1. The molecule has 2 aromatic rings. The molecule has 2 aliphatic rings. The molecule has 4 rings (SSSR count). The zero-order valence-electron chi connectivity index (χ0n) is 14.1. The Morgan fingerprint density at radius 3 is 2.58 bits per heavy atom. The molecule has 0 saturated heterocycles. The van der Waals surface area contributed by atoms with Gasteiger partial charge in [-0.15, -0.1) is 0 Å². The molecule has 0 saturated carbocycles. The first kappa shape index (κ1) is 16.4. The van der Waals surface area contributed by atoms with Crippen molar-refractivity contribution in [3.63, 3.8) is 0 Å². The summed E-state index contributed by atoms with van der Waals surface area (Å²) in [6.45, 7) is 0.108. The first-order valence-corrected chi connectivity index (χ1v) is 8.65. The van der Waals surface area contributed by atoms with E-state index in [2.05, 4.69) is 0 Å². The summed E-state index contributed by atoms with van der Waals surface area (Å²) in [6.07, 6.45) is 4.06. The lowest BCUT2D eigenvalue weighted by Crippen LogP contribution is -2.53. The molecule has 0 fully saturated rings. The van der Waals surface area contributed by atoms with Crippen LogP contribution in [-0.2, 0) is 16.1 Å².